The van der Waals surface area contributed by atoms with Gasteiger partial charge in [0.15, 0.2) is 11.5 Å². The molecule has 7 nitrogen and oxygen atoms in total. The lowest BCUT2D eigenvalue weighted by molar-refractivity contribution is 0.0690. The Balaban J connectivity index is 2.57. The molecule has 2 N–H and O–H groups in total. The van der Waals surface area contributed by atoms with E-state index in [-0.39, 0.29) is 5.69 Å². The third-order valence-electron chi connectivity index (χ3n) is 2.93. The van der Waals surface area contributed by atoms with Crippen LogP contribution in [0.1, 0.15) is 16.1 Å². The van der Waals surface area contributed by atoms with Crippen LogP contribution in [0.2, 0.25) is 0 Å². The number of nitrogens with zero attached hydrogens (tertiary/aromatic N) is 1. The summed E-state index contributed by atoms with van der Waals surface area (Å²) in [4.78, 5) is 10.9. The molecule has 0 aliphatic carbocycles. The van der Waals surface area contributed by atoms with Crippen LogP contribution >= 0.6 is 0 Å². The standard InChI is InChI=1S/C14H16N2O5/c1-19-7-8-4-9(13(21-3)12(5-8)20-2)10-6-11(14(17)18)16-15-10/h4-6H,7H2,1-3H3,(H,15,16)(H,17,18). The smallest absolute Gasteiger partial charge is 0.353 e. The van der Waals surface area contributed by atoms with Gasteiger partial charge >= 0.3 is 5.97 Å². The monoisotopic (exact) mass is 292 g/mol. The van der Waals surface area contributed by atoms with Gasteiger partial charge in [0.05, 0.1) is 26.5 Å². The number of rotatable bonds is 6. The molecule has 2 rings (SSSR count). The molecule has 1 heterocycles. The lowest BCUT2D eigenvalue weighted by Gasteiger charge is -2.13. The molecule has 7 heteroatoms. The highest BCUT2D eigenvalue weighted by Crippen LogP contribution is 2.38. The number of ether oxygens (including phenoxy) is 3. The van der Waals surface area contributed by atoms with Crippen molar-refractivity contribution in [3.8, 4) is 22.8 Å². The summed E-state index contributed by atoms with van der Waals surface area (Å²) in [7, 11) is 4.64. The van der Waals surface area contributed by atoms with Crippen molar-refractivity contribution in [1.82, 2.24) is 10.2 Å². The number of carbonyl (C=O) groups is 1. The van der Waals surface area contributed by atoms with Crippen molar-refractivity contribution in [2.75, 3.05) is 21.3 Å². The van der Waals surface area contributed by atoms with Crippen LogP contribution in [-0.4, -0.2) is 42.6 Å². The minimum atomic E-state index is -1.08. The fourth-order valence-corrected chi connectivity index (χ4v) is 2.03. The van der Waals surface area contributed by atoms with Crippen molar-refractivity contribution in [2.24, 2.45) is 0 Å². The third-order valence-corrected chi connectivity index (χ3v) is 2.93. The lowest BCUT2D eigenvalue weighted by atomic mass is 10.1. The first-order valence-electron chi connectivity index (χ1n) is 6.13. The van der Waals surface area contributed by atoms with Gasteiger partial charge in [0.2, 0.25) is 0 Å². The normalized spacial score (nSPS) is 10.4. The molecular formula is C14H16N2O5. The molecule has 0 spiro atoms. The zero-order valence-corrected chi connectivity index (χ0v) is 12.0. The Morgan fingerprint density at radius 2 is 2.00 bits per heavy atom. The van der Waals surface area contributed by atoms with Crippen LogP contribution in [0.4, 0.5) is 0 Å². The van der Waals surface area contributed by atoms with Gasteiger partial charge in [-0.3, -0.25) is 5.10 Å². The summed E-state index contributed by atoms with van der Waals surface area (Å²) in [5.41, 5.74) is 1.96. The van der Waals surface area contributed by atoms with Crippen molar-refractivity contribution < 1.29 is 24.1 Å². The number of H-pyrrole nitrogens is 1. The van der Waals surface area contributed by atoms with Gasteiger partial charge in [-0.1, -0.05) is 0 Å². The van der Waals surface area contributed by atoms with Crippen molar-refractivity contribution in [2.45, 2.75) is 6.61 Å². The van der Waals surface area contributed by atoms with E-state index in [1.54, 1.807) is 13.2 Å². The largest absolute Gasteiger partial charge is 0.493 e. The Labute approximate surface area is 121 Å². The van der Waals surface area contributed by atoms with Crippen molar-refractivity contribution in [1.29, 1.82) is 0 Å². The topological polar surface area (TPSA) is 93.7 Å². The van der Waals surface area contributed by atoms with E-state index >= 15 is 0 Å². The molecule has 21 heavy (non-hydrogen) atoms. The third kappa shape index (κ3) is 2.97. The highest BCUT2D eigenvalue weighted by Gasteiger charge is 2.18. The number of nitrogens with one attached hydrogen (secondary N) is 1. The van der Waals surface area contributed by atoms with Crippen LogP contribution in [0.3, 0.4) is 0 Å². The predicted octanol–water partition coefficient (Wildman–Crippen LogP) is 1.94. The fraction of sp³-hybridized carbons (Fsp3) is 0.286. The summed E-state index contributed by atoms with van der Waals surface area (Å²) in [6.07, 6.45) is 0. The van der Waals surface area contributed by atoms with Gasteiger partial charge in [-0.15, -0.1) is 0 Å². The van der Waals surface area contributed by atoms with Gasteiger partial charge in [-0.25, -0.2) is 4.79 Å². The number of aromatic amines is 1. The van der Waals surface area contributed by atoms with Gasteiger partial charge < -0.3 is 19.3 Å². The summed E-state index contributed by atoms with van der Waals surface area (Å²) in [5, 5.41) is 15.4. The number of aromatic nitrogens is 2. The molecule has 0 bridgehead atoms. The number of hydrogen-bond donors (Lipinski definition) is 2. The first kappa shape index (κ1) is 14.9. The zero-order valence-electron chi connectivity index (χ0n) is 12.0. The number of aromatic carboxylic acids is 1. The minimum Gasteiger partial charge on any atom is -0.493 e. The molecule has 1 aromatic heterocycles. The predicted molar refractivity (Wildman–Crippen MR) is 74.8 cm³/mol. The number of hydrogen-bond acceptors (Lipinski definition) is 5. The molecule has 0 unspecified atom stereocenters. The summed E-state index contributed by atoms with van der Waals surface area (Å²) >= 11 is 0. The summed E-state index contributed by atoms with van der Waals surface area (Å²) in [5.74, 6) is -0.0598. The van der Waals surface area contributed by atoms with Crippen LogP contribution < -0.4 is 9.47 Å². The molecule has 0 atom stereocenters. The number of carboxylic acids is 1. The number of benzene rings is 1. The van der Waals surface area contributed by atoms with Gasteiger partial charge in [0, 0.05) is 12.7 Å². The molecular weight excluding hydrogens is 276 g/mol. The van der Waals surface area contributed by atoms with E-state index in [9.17, 15) is 4.79 Å². The average molecular weight is 292 g/mol. The van der Waals surface area contributed by atoms with E-state index in [0.717, 1.165) is 5.56 Å². The molecule has 0 radical (unpaired) electrons. The quantitative estimate of drug-likeness (QED) is 0.845. The SMILES string of the molecule is COCc1cc(OC)c(OC)c(-c2cc(C(=O)O)[nH]n2)c1. The van der Waals surface area contributed by atoms with Crippen LogP contribution in [0.15, 0.2) is 18.2 Å². The Bertz CT molecular complexity index is 651. The van der Waals surface area contributed by atoms with Crippen LogP contribution in [-0.2, 0) is 11.3 Å². The maximum Gasteiger partial charge on any atom is 0.353 e. The first-order chi connectivity index (χ1) is 10.1. The van der Waals surface area contributed by atoms with Gasteiger partial charge in [-0.05, 0) is 23.8 Å². The summed E-state index contributed by atoms with van der Waals surface area (Å²) in [6, 6.07) is 5.07. The van der Waals surface area contributed by atoms with Crippen molar-refractivity contribution in [3.63, 3.8) is 0 Å². The average Bonchev–Trinajstić information content (AvgIpc) is 2.96. The van der Waals surface area contributed by atoms with E-state index in [0.29, 0.717) is 29.4 Å². The van der Waals surface area contributed by atoms with Gasteiger partial charge in [0.25, 0.3) is 0 Å². The molecule has 112 valence electrons. The van der Waals surface area contributed by atoms with Gasteiger partial charge in [-0.2, -0.15) is 5.10 Å². The number of carboxylic acid groups (broad SMARTS) is 1. The maximum absolute atomic E-state index is 10.9. The molecule has 0 amide bonds. The first-order valence-corrected chi connectivity index (χ1v) is 6.13. The Kier molecular flexibility index (Phi) is 4.44. The van der Waals surface area contributed by atoms with Crippen molar-refractivity contribution in [3.05, 3.63) is 29.5 Å². The summed E-state index contributed by atoms with van der Waals surface area (Å²) < 4.78 is 15.8. The molecule has 1 aromatic carbocycles. The second-order valence-electron chi connectivity index (χ2n) is 4.28. The van der Waals surface area contributed by atoms with E-state index in [1.807, 2.05) is 6.07 Å². The molecule has 0 fully saturated rings. The molecule has 0 saturated carbocycles. The van der Waals surface area contributed by atoms with Crippen molar-refractivity contribution >= 4 is 5.97 Å². The lowest BCUT2D eigenvalue weighted by Crippen LogP contribution is -1.97. The minimum absolute atomic E-state index is 0.00293. The molecule has 0 aliphatic heterocycles. The highest BCUT2D eigenvalue weighted by atomic mass is 16.5. The van der Waals surface area contributed by atoms with E-state index in [2.05, 4.69) is 10.2 Å². The molecule has 0 aliphatic rings. The highest BCUT2D eigenvalue weighted by molar-refractivity contribution is 5.87. The van der Waals surface area contributed by atoms with Crippen LogP contribution in [0.25, 0.3) is 11.3 Å². The van der Waals surface area contributed by atoms with Crippen LogP contribution in [0, 0.1) is 0 Å². The second kappa shape index (κ2) is 6.27. The zero-order chi connectivity index (χ0) is 15.4. The fourth-order valence-electron chi connectivity index (χ4n) is 2.03. The molecule has 2 aromatic rings. The maximum atomic E-state index is 10.9. The Hall–Kier alpha value is -2.54. The summed E-state index contributed by atoms with van der Waals surface area (Å²) in [6.45, 7) is 0.392. The van der Waals surface area contributed by atoms with E-state index in [1.165, 1.54) is 20.3 Å². The van der Waals surface area contributed by atoms with Crippen LogP contribution in [0.5, 0.6) is 11.5 Å². The molecule has 0 saturated heterocycles. The van der Waals surface area contributed by atoms with Gasteiger partial charge in [0.1, 0.15) is 5.69 Å². The second-order valence-corrected chi connectivity index (χ2v) is 4.28. The van der Waals surface area contributed by atoms with E-state index in [4.69, 9.17) is 19.3 Å². The Morgan fingerprint density at radius 1 is 1.24 bits per heavy atom. The van der Waals surface area contributed by atoms with E-state index < -0.39 is 5.97 Å². The number of methoxy groups -OCH3 is 3. The Morgan fingerprint density at radius 3 is 2.52 bits per heavy atom.